The van der Waals surface area contributed by atoms with E-state index in [-0.39, 0.29) is 0 Å². The molecule has 0 aliphatic heterocycles. The maximum Gasteiger partial charge on any atom is 0.178 e. The van der Waals surface area contributed by atoms with Crippen LogP contribution in [0.3, 0.4) is 0 Å². The Bertz CT molecular complexity index is 643. The van der Waals surface area contributed by atoms with Crippen LogP contribution in [0.15, 0.2) is 22.7 Å². The fourth-order valence-corrected chi connectivity index (χ4v) is 3.86. The molecule has 0 radical (unpaired) electrons. The predicted octanol–water partition coefficient (Wildman–Crippen LogP) is 5.29. The van der Waals surface area contributed by atoms with Crippen LogP contribution in [0.4, 0.5) is 0 Å². The normalized spacial score (nSPS) is 23.9. The van der Waals surface area contributed by atoms with Crippen LogP contribution in [0.5, 0.6) is 0 Å². The third-order valence-electron chi connectivity index (χ3n) is 4.44. The molecule has 19 heavy (non-hydrogen) atoms. The zero-order valence-electron chi connectivity index (χ0n) is 11.2. The zero-order valence-corrected chi connectivity index (χ0v) is 13.6. The van der Waals surface area contributed by atoms with Gasteiger partial charge in [0.25, 0.3) is 0 Å². The lowest BCUT2D eigenvalue weighted by Gasteiger charge is -2.29. The first-order valence-corrected chi connectivity index (χ1v) is 8.23. The van der Waals surface area contributed by atoms with Crippen LogP contribution in [0, 0.1) is 16.6 Å². The molecule has 0 bridgehead atoms. The Kier molecular flexibility index (Phi) is 3.81. The minimum atomic E-state index is 0.767. The van der Waals surface area contributed by atoms with Crippen LogP contribution in [0.25, 0.3) is 11.0 Å². The standard InChI is InChI=1S/C15H19BrN2S/c1-10-4-2-3-5-11(10)9-18-14-7-6-12(16)8-13(14)17-15(18)19/h6-8,10-11H,2-5,9H2,1H3,(H,17,19). The number of H-pyrrole nitrogens is 1. The van der Waals surface area contributed by atoms with E-state index in [1.807, 2.05) is 0 Å². The molecular weight excluding hydrogens is 320 g/mol. The van der Waals surface area contributed by atoms with E-state index in [1.165, 1.54) is 31.2 Å². The van der Waals surface area contributed by atoms with Crippen LogP contribution >= 0.6 is 28.1 Å². The van der Waals surface area contributed by atoms with Gasteiger partial charge in [-0.15, -0.1) is 0 Å². The molecule has 1 N–H and O–H groups in total. The maximum absolute atomic E-state index is 5.50. The number of nitrogens with one attached hydrogen (secondary N) is 1. The van der Waals surface area contributed by atoms with Crippen LogP contribution in [0.2, 0.25) is 0 Å². The van der Waals surface area contributed by atoms with Gasteiger partial charge in [0.05, 0.1) is 11.0 Å². The number of benzene rings is 1. The molecule has 1 aromatic heterocycles. The van der Waals surface area contributed by atoms with Gasteiger partial charge in [-0.2, -0.15) is 0 Å². The van der Waals surface area contributed by atoms with Crippen molar-refractivity contribution in [3.63, 3.8) is 0 Å². The molecule has 1 aliphatic rings. The number of aromatic nitrogens is 2. The first-order valence-electron chi connectivity index (χ1n) is 7.03. The lowest BCUT2D eigenvalue weighted by atomic mass is 9.80. The Morgan fingerprint density at radius 1 is 1.37 bits per heavy atom. The van der Waals surface area contributed by atoms with Gasteiger partial charge in [-0.05, 0) is 48.7 Å². The highest BCUT2D eigenvalue weighted by atomic mass is 79.9. The van der Waals surface area contributed by atoms with E-state index in [0.29, 0.717) is 0 Å². The molecule has 1 aliphatic carbocycles. The molecule has 1 saturated carbocycles. The van der Waals surface area contributed by atoms with E-state index in [1.54, 1.807) is 0 Å². The predicted molar refractivity (Wildman–Crippen MR) is 85.9 cm³/mol. The number of imidazole rings is 1. The second-order valence-corrected chi connectivity index (χ2v) is 7.03. The van der Waals surface area contributed by atoms with Crippen molar-refractivity contribution >= 4 is 39.2 Å². The van der Waals surface area contributed by atoms with E-state index in [9.17, 15) is 0 Å². The van der Waals surface area contributed by atoms with Gasteiger partial charge in [0.15, 0.2) is 4.77 Å². The average molecular weight is 339 g/mol. The Balaban J connectivity index is 1.96. The zero-order chi connectivity index (χ0) is 13.4. The van der Waals surface area contributed by atoms with Gasteiger partial charge in [-0.25, -0.2) is 0 Å². The highest BCUT2D eigenvalue weighted by Crippen LogP contribution is 2.32. The Morgan fingerprint density at radius 3 is 2.95 bits per heavy atom. The second-order valence-electron chi connectivity index (χ2n) is 5.72. The second kappa shape index (κ2) is 5.41. The first-order chi connectivity index (χ1) is 9.15. The van der Waals surface area contributed by atoms with Crippen molar-refractivity contribution in [2.75, 3.05) is 0 Å². The molecule has 2 unspecified atom stereocenters. The summed E-state index contributed by atoms with van der Waals surface area (Å²) < 4.78 is 4.23. The van der Waals surface area contributed by atoms with Crippen molar-refractivity contribution in [1.82, 2.24) is 9.55 Å². The maximum atomic E-state index is 5.50. The van der Waals surface area contributed by atoms with Crippen LogP contribution < -0.4 is 0 Å². The van der Waals surface area contributed by atoms with E-state index >= 15 is 0 Å². The SMILES string of the molecule is CC1CCCCC1Cn1c(=S)[nH]c2cc(Br)ccc21. The molecule has 1 fully saturated rings. The third-order valence-corrected chi connectivity index (χ3v) is 5.26. The minimum absolute atomic E-state index is 0.767. The smallest absolute Gasteiger partial charge is 0.178 e. The topological polar surface area (TPSA) is 20.7 Å². The number of hydrogen-bond acceptors (Lipinski definition) is 1. The molecule has 2 atom stereocenters. The number of halogens is 1. The Hall–Kier alpha value is -0.610. The highest BCUT2D eigenvalue weighted by molar-refractivity contribution is 9.10. The number of nitrogens with zero attached hydrogens (tertiary/aromatic N) is 1. The summed E-state index contributed by atoms with van der Waals surface area (Å²) in [5, 5.41) is 0. The van der Waals surface area contributed by atoms with E-state index in [0.717, 1.165) is 33.1 Å². The van der Waals surface area contributed by atoms with Crippen LogP contribution in [-0.4, -0.2) is 9.55 Å². The number of rotatable bonds is 2. The van der Waals surface area contributed by atoms with Crippen molar-refractivity contribution in [2.45, 2.75) is 39.2 Å². The van der Waals surface area contributed by atoms with Gasteiger partial charge in [0.2, 0.25) is 0 Å². The Morgan fingerprint density at radius 2 is 2.16 bits per heavy atom. The highest BCUT2D eigenvalue weighted by Gasteiger charge is 2.22. The first kappa shape index (κ1) is 13.4. The van der Waals surface area contributed by atoms with Gasteiger partial charge in [-0.1, -0.05) is 42.1 Å². The van der Waals surface area contributed by atoms with Crippen molar-refractivity contribution in [3.8, 4) is 0 Å². The van der Waals surface area contributed by atoms with Gasteiger partial charge < -0.3 is 9.55 Å². The van der Waals surface area contributed by atoms with Crippen molar-refractivity contribution < 1.29 is 0 Å². The molecule has 3 rings (SSSR count). The summed E-state index contributed by atoms with van der Waals surface area (Å²) in [6.45, 7) is 3.44. The summed E-state index contributed by atoms with van der Waals surface area (Å²) in [6.07, 6.45) is 5.47. The lowest BCUT2D eigenvalue weighted by Crippen LogP contribution is -2.22. The summed E-state index contributed by atoms with van der Waals surface area (Å²) in [7, 11) is 0. The Labute approximate surface area is 127 Å². The summed E-state index contributed by atoms with van der Waals surface area (Å²) in [5.41, 5.74) is 2.36. The summed E-state index contributed by atoms with van der Waals surface area (Å²) in [5.74, 6) is 1.58. The molecule has 2 nitrogen and oxygen atoms in total. The average Bonchev–Trinajstić information content (AvgIpc) is 2.68. The molecule has 1 aromatic carbocycles. The summed E-state index contributed by atoms with van der Waals surface area (Å²) in [4.78, 5) is 3.32. The number of aromatic amines is 1. The van der Waals surface area contributed by atoms with Crippen molar-refractivity contribution in [1.29, 1.82) is 0 Å². The monoisotopic (exact) mass is 338 g/mol. The summed E-state index contributed by atoms with van der Waals surface area (Å²) in [6, 6.07) is 6.34. The fourth-order valence-electron chi connectivity index (χ4n) is 3.22. The lowest BCUT2D eigenvalue weighted by molar-refractivity contribution is 0.230. The van der Waals surface area contributed by atoms with Crippen molar-refractivity contribution in [2.24, 2.45) is 11.8 Å². The minimum Gasteiger partial charge on any atom is -0.331 e. The van der Waals surface area contributed by atoms with Gasteiger partial charge in [-0.3, -0.25) is 0 Å². The quantitative estimate of drug-likeness (QED) is 0.738. The molecule has 0 saturated heterocycles. The van der Waals surface area contributed by atoms with E-state index in [4.69, 9.17) is 12.2 Å². The van der Waals surface area contributed by atoms with Crippen molar-refractivity contribution in [3.05, 3.63) is 27.4 Å². The summed E-state index contributed by atoms with van der Waals surface area (Å²) >= 11 is 9.01. The molecule has 0 amide bonds. The molecular formula is C15H19BrN2S. The number of fused-ring (bicyclic) bond motifs is 1. The van der Waals surface area contributed by atoms with Crippen LogP contribution in [0.1, 0.15) is 32.6 Å². The molecule has 0 spiro atoms. The van der Waals surface area contributed by atoms with Gasteiger partial charge >= 0.3 is 0 Å². The third kappa shape index (κ3) is 2.65. The van der Waals surface area contributed by atoms with E-state index < -0.39 is 0 Å². The largest absolute Gasteiger partial charge is 0.331 e. The van der Waals surface area contributed by atoms with Crippen LogP contribution in [-0.2, 0) is 6.54 Å². The van der Waals surface area contributed by atoms with Gasteiger partial charge in [0.1, 0.15) is 0 Å². The molecule has 2 aromatic rings. The molecule has 4 heteroatoms. The fraction of sp³-hybridized carbons (Fsp3) is 0.533. The number of hydrogen-bond donors (Lipinski definition) is 1. The van der Waals surface area contributed by atoms with E-state index in [2.05, 4.69) is 50.6 Å². The molecule has 102 valence electrons. The van der Waals surface area contributed by atoms with Gasteiger partial charge in [0, 0.05) is 11.0 Å². The molecule has 1 heterocycles.